The Balaban J connectivity index is 1.36. The number of benzene rings is 1. The number of carbonyl (C=O) groups excluding carboxylic acids is 1. The van der Waals surface area contributed by atoms with Crippen molar-refractivity contribution in [1.82, 2.24) is 14.8 Å². The number of hydrogen-bond acceptors (Lipinski definition) is 4. The molecule has 2 aliphatic heterocycles. The van der Waals surface area contributed by atoms with Gasteiger partial charge in [0.05, 0.1) is 5.01 Å². The first-order valence-electron chi connectivity index (χ1n) is 8.16. The molecule has 0 spiro atoms. The van der Waals surface area contributed by atoms with Gasteiger partial charge in [0.2, 0.25) is 5.91 Å². The minimum Gasteiger partial charge on any atom is -0.337 e. The van der Waals surface area contributed by atoms with Gasteiger partial charge in [-0.2, -0.15) is 0 Å². The monoisotopic (exact) mass is 327 g/mol. The molecule has 2 bridgehead atoms. The van der Waals surface area contributed by atoms with Crippen LogP contribution in [0.15, 0.2) is 35.8 Å². The Bertz CT molecular complexity index is 683. The van der Waals surface area contributed by atoms with Crippen LogP contribution in [0.25, 0.3) is 0 Å². The summed E-state index contributed by atoms with van der Waals surface area (Å²) in [6.45, 7) is 4.60. The van der Waals surface area contributed by atoms with E-state index in [-0.39, 0.29) is 5.91 Å². The predicted molar refractivity (Wildman–Crippen MR) is 91.4 cm³/mol. The van der Waals surface area contributed by atoms with Gasteiger partial charge >= 0.3 is 0 Å². The number of aromatic nitrogens is 1. The minimum absolute atomic E-state index is 0.226. The molecule has 5 heteroatoms. The van der Waals surface area contributed by atoms with E-state index >= 15 is 0 Å². The zero-order chi connectivity index (χ0) is 15.8. The number of fused-ring (bicyclic) bond motifs is 2. The number of amides is 1. The second-order valence-electron chi connectivity index (χ2n) is 6.56. The quantitative estimate of drug-likeness (QED) is 0.866. The van der Waals surface area contributed by atoms with Gasteiger partial charge in [0.15, 0.2) is 0 Å². The predicted octanol–water partition coefficient (Wildman–Crippen LogP) is 2.54. The van der Waals surface area contributed by atoms with Gasteiger partial charge in [0, 0.05) is 56.6 Å². The van der Waals surface area contributed by atoms with Crippen LogP contribution in [0.5, 0.6) is 0 Å². The molecule has 23 heavy (non-hydrogen) atoms. The van der Waals surface area contributed by atoms with Crippen LogP contribution in [0.4, 0.5) is 0 Å². The van der Waals surface area contributed by atoms with E-state index in [2.05, 4.69) is 34.1 Å². The summed E-state index contributed by atoms with van der Waals surface area (Å²) in [4.78, 5) is 20.5. The molecule has 3 heterocycles. The van der Waals surface area contributed by atoms with E-state index in [0.29, 0.717) is 12.1 Å². The molecule has 2 aliphatic rings. The normalized spacial score (nSPS) is 23.6. The molecule has 1 amide bonds. The lowest BCUT2D eigenvalue weighted by atomic mass is 10.1. The van der Waals surface area contributed by atoms with Gasteiger partial charge in [-0.3, -0.25) is 9.69 Å². The highest BCUT2D eigenvalue weighted by atomic mass is 32.1. The third-order valence-electron chi connectivity index (χ3n) is 5.01. The second kappa shape index (κ2) is 6.06. The van der Waals surface area contributed by atoms with Gasteiger partial charge < -0.3 is 4.90 Å². The molecular weight excluding hydrogens is 306 g/mol. The van der Waals surface area contributed by atoms with Crippen molar-refractivity contribution in [2.45, 2.75) is 38.4 Å². The van der Waals surface area contributed by atoms with Crippen LogP contribution in [0.1, 0.15) is 29.5 Å². The Morgan fingerprint density at radius 2 is 2.00 bits per heavy atom. The van der Waals surface area contributed by atoms with Gasteiger partial charge in [-0.05, 0) is 17.5 Å². The number of thiazole rings is 1. The lowest BCUT2D eigenvalue weighted by Crippen LogP contribution is -2.47. The Kier molecular flexibility index (Phi) is 3.91. The average molecular weight is 327 g/mol. The van der Waals surface area contributed by atoms with Gasteiger partial charge in [-0.15, -0.1) is 11.3 Å². The number of hydrogen-bond donors (Lipinski definition) is 0. The largest absolute Gasteiger partial charge is 0.337 e. The first-order valence-corrected chi connectivity index (χ1v) is 9.04. The van der Waals surface area contributed by atoms with Crippen LogP contribution >= 0.6 is 11.3 Å². The molecule has 2 fully saturated rings. The van der Waals surface area contributed by atoms with Crippen molar-refractivity contribution in [3.8, 4) is 0 Å². The first-order chi connectivity index (χ1) is 11.2. The van der Waals surface area contributed by atoms with Crippen molar-refractivity contribution >= 4 is 17.2 Å². The summed E-state index contributed by atoms with van der Waals surface area (Å²) in [5.74, 6) is 0.226. The molecule has 0 unspecified atom stereocenters. The van der Waals surface area contributed by atoms with Crippen molar-refractivity contribution in [2.24, 2.45) is 0 Å². The SMILES string of the molecule is CC(=O)N1C[C@@H]2C[C@H]1CN2Cc1ccc(Cc2nccs2)cc1. The van der Waals surface area contributed by atoms with Crippen LogP contribution in [0, 0.1) is 0 Å². The molecule has 0 radical (unpaired) electrons. The second-order valence-corrected chi connectivity index (χ2v) is 7.54. The molecule has 2 aromatic rings. The molecule has 0 N–H and O–H groups in total. The summed E-state index contributed by atoms with van der Waals surface area (Å²) in [6.07, 6.45) is 3.92. The van der Waals surface area contributed by atoms with Crippen molar-refractivity contribution < 1.29 is 4.79 Å². The van der Waals surface area contributed by atoms with E-state index in [9.17, 15) is 4.79 Å². The molecule has 120 valence electrons. The lowest BCUT2D eigenvalue weighted by molar-refractivity contribution is -0.131. The van der Waals surface area contributed by atoms with E-state index in [1.54, 1.807) is 18.3 Å². The van der Waals surface area contributed by atoms with E-state index in [1.807, 2.05) is 16.5 Å². The lowest BCUT2D eigenvalue weighted by Gasteiger charge is -2.33. The first kappa shape index (κ1) is 14.8. The summed E-state index contributed by atoms with van der Waals surface area (Å²) < 4.78 is 0. The smallest absolute Gasteiger partial charge is 0.219 e. The standard InChI is InChI=1S/C18H21N3OS/c1-13(22)21-12-16-9-17(21)11-20(16)10-15-4-2-14(3-5-15)8-18-19-6-7-23-18/h2-7,16-17H,8-12H2,1H3/t16-,17-/m0/s1. The highest BCUT2D eigenvalue weighted by Gasteiger charge is 2.43. The highest BCUT2D eigenvalue weighted by Crippen LogP contribution is 2.31. The van der Waals surface area contributed by atoms with Gasteiger partial charge in [0.25, 0.3) is 0 Å². The molecule has 4 nitrogen and oxygen atoms in total. The summed E-state index contributed by atoms with van der Waals surface area (Å²) in [5.41, 5.74) is 2.67. The number of rotatable bonds is 4. The Morgan fingerprint density at radius 3 is 2.61 bits per heavy atom. The van der Waals surface area contributed by atoms with E-state index in [4.69, 9.17) is 0 Å². The summed E-state index contributed by atoms with van der Waals surface area (Å²) in [6, 6.07) is 9.87. The third-order valence-corrected chi connectivity index (χ3v) is 5.79. The summed E-state index contributed by atoms with van der Waals surface area (Å²) >= 11 is 1.71. The number of nitrogens with zero attached hydrogens (tertiary/aromatic N) is 3. The maximum absolute atomic E-state index is 11.6. The van der Waals surface area contributed by atoms with Crippen molar-refractivity contribution in [3.63, 3.8) is 0 Å². The van der Waals surface area contributed by atoms with Crippen LogP contribution < -0.4 is 0 Å². The molecule has 0 aliphatic carbocycles. The fourth-order valence-corrected chi connectivity index (χ4v) is 4.49. The molecule has 1 aromatic heterocycles. The number of carbonyl (C=O) groups is 1. The van der Waals surface area contributed by atoms with E-state index in [1.165, 1.54) is 16.1 Å². The topological polar surface area (TPSA) is 36.4 Å². The van der Waals surface area contributed by atoms with Crippen LogP contribution in [-0.2, 0) is 17.8 Å². The van der Waals surface area contributed by atoms with Crippen molar-refractivity contribution in [2.75, 3.05) is 13.1 Å². The van der Waals surface area contributed by atoms with Gasteiger partial charge in [-0.25, -0.2) is 4.98 Å². The Morgan fingerprint density at radius 1 is 1.22 bits per heavy atom. The summed E-state index contributed by atoms with van der Waals surface area (Å²) in [7, 11) is 0. The van der Waals surface area contributed by atoms with Gasteiger partial charge in [0.1, 0.15) is 0 Å². The summed E-state index contributed by atoms with van der Waals surface area (Å²) in [5, 5.41) is 3.19. The number of likely N-dealkylation sites (tertiary alicyclic amines) is 2. The Labute approximate surface area is 140 Å². The van der Waals surface area contributed by atoms with E-state index in [0.717, 1.165) is 32.5 Å². The van der Waals surface area contributed by atoms with Crippen molar-refractivity contribution in [3.05, 3.63) is 52.0 Å². The fourth-order valence-electron chi connectivity index (χ4n) is 3.84. The van der Waals surface area contributed by atoms with Crippen LogP contribution in [0.3, 0.4) is 0 Å². The Hall–Kier alpha value is -1.72. The molecular formula is C18H21N3OS. The van der Waals surface area contributed by atoms with Crippen LogP contribution in [-0.4, -0.2) is 45.9 Å². The van der Waals surface area contributed by atoms with Crippen molar-refractivity contribution in [1.29, 1.82) is 0 Å². The molecule has 2 saturated heterocycles. The number of piperazine rings is 1. The minimum atomic E-state index is 0.226. The third kappa shape index (κ3) is 3.03. The van der Waals surface area contributed by atoms with E-state index < -0.39 is 0 Å². The zero-order valence-corrected chi connectivity index (χ0v) is 14.1. The average Bonchev–Trinajstić information content (AvgIpc) is 3.25. The highest BCUT2D eigenvalue weighted by molar-refractivity contribution is 7.09. The zero-order valence-electron chi connectivity index (χ0n) is 13.3. The fraction of sp³-hybridized carbons (Fsp3) is 0.444. The molecule has 2 atom stereocenters. The van der Waals surface area contributed by atoms with Crippen LogP contribution in [0.2, 0.25) is 0 Å². The molecule has 1 aromatic carbocycles. The maximum Gasteiger partial charge on any atom is 0.219 e. The molecule has 4 rings (SSSR count). The molecule has 0 saturated carbocycles. The van der Waals surface area contributed by atoms with Gasteiger partial charge in [-0.1, -0.05) is 24.3 Å². The maximum atomic E-state index is 11.6.